The average Bonchev–Trinajstić information content (AvgIpc) is 2.09. The zero-order chi connectivity index (χ0) is 8.97. The van der Waals surface area contributed by atoms with Crippen LogP contribution in [-0.2, 0) is 0 Å². The minimum absolute atomic E-state index is 0.628. The van der Waals surface area contributed by atoms with Crippen LogP contribution in [-0.4, -0.2) is 13.7 Å². The lowest BCUT2D eigenvalue weighted by molar-refractivity contribution is 0.310. The fourth-order valence-corrected chi connectivity index (χ4v) is 1.03. The first-order valence-corrected chi connectivity index (χ1v) is 3.91. The van der Waals surface area contributed by atoms with Crippen LogP contribution < -0.4 is 9.47 Å². The zero-order valence-electron chi connectivity index (χ0n) is 7.46. The first-order chi connectivity index (χ1) is 5.79. The van der Waals surface area contributed by atoms with Crippen LogP contribution in [0.3, 0.4) is 0 Å². The predicted octanol–water partition coefficient (Wildman–Crippen LogP) is 2.28. The lowest BCUT2D eigenvalue weighted by Gasteiger charge is -2.10. The Kier molecular flexibility index (Phi) is 2.97. The fraction of sp³-hybridized carbons (Fsp3) is 0.300. The van der Waals surface area contributed by atoms with Crippen LogP contribution in [0.25, 0.3) is 0 Å². The molecule has 0 saturated heterocycles. The molecule has 0 saturated carbocycles. The Labute approximate surface area is 73.1 Å². The number of methoxy groups -OCH3 is 1. The molecule has 0 aliphatic carbocycles. The maximum Gasteiger partial charge on any atom is 0.164 e. The van der Waals surface area contributed by atoms with E-state index < -0.39 is 0 Å². The second-order valence-corrected chi connectivity index (χ2v) is 2.38. The molecule has 1 rings (SSSR count). The van der Waals surface area contributed by atoms with Gasteiger partial charge >= 0.3 is 0 Å². The summed E-state index contributed by atoms with van der Waals surface area (Å²) in [5, 5.41) is 0. The normalized spacial score (nSPS) is 9.58. The maximum absolute atomic E-state index is 5.37. The van der Waals surface area contributed by atoms with Crippen molar-refractivity contribution in [1.82, 2.24) is 0 Å². The highest BCUT2D eigenvalue weighted by molar-refractivity contribution is 5.47. The van der Waals surface area contributed by atoms with E-state index in [1.54, 1.807) is 7.11 Å². The average molecular weight is 165 g/mol. The fourth-order valence-electron chi connectivity index (χ4n) is 1.03. The van der Waals surface area contributed by atoms with Gasteiger partial charge in [0.15, 0.2) is 11.5 Å². The van der Waals surface area contributed by atoms with E-state index in [-0.39, 0.29) is 0 Å². The van der Waals surface area contributed by atoms with Crippen molar-refractivity contribution in [3.05, 3.63) is 30.7 Å². The summed E-state index contributed by atoms with van der Waals surface area (Å²) in [5.74, 6) is 1.48. The molecule has 0 N–H and O–H groups in total. The summed E-state index contributed by atoms with van der Waals surface area (Å²) in [4.78, 5) is 0. The van der Waals surface area contributed by atoms with Gasteiger partial charge in [-0.3, -0.25) is 0 Å². The number of benzene rings is 1. The van der Waals surface area contributed by atoms with Crippen molar-refractivity contribution in [2.45, 2.75) is 6.92 Å². The molecule has 1 aromatic carbocycles. The van der Waals surface area contributed by atoms with Crippen LogP contribution in [0.15, 0.2) is 18.2 Å². The Bertz CT molecular complexity index is 256. The molecule has 65 valence electrons. The van der Waals surface area contributed by atoms with Crippen LogP contribution in [0.5, 0.6) is 11.5 Å². The maximum atomic E-state index is 5.37. The minimum atomic E-state index is 0.628. The minimum Gasteiger partial charge on any atom is -0.493 e. The summed E-state index contributed by atoms with van der Waals surface area (Å²) >= 11 is 0. The summed E-state index contributed by atoms with van der Waals surface area (Å²) in [5.41, 5.74) is 0.858. The van der Waals surface area contributed by atoms with Gasteiger partial charge in [0.25, 0.3) is 0 Å². The second-order valence-electron chi connectivity index (χ2n) is 2.38. The van der Waals surface area contributed by atoms with Crippen LogP contribution in [0.1, 0.15) is 12.5 Å². The van der Waals surface area contributed by atoms with Gasteiger partial charge in [0.2, 0.25) is 0 Å². The first kappa shape index (κ1) is 8.91. The topological polar surface area (TPSA) is 18.5 Å². The first-order valence-electron chi connectivity index (χ1n) is 3.91. The number of para-hydroxylation sites is 1. The largest absolute Gasteiger partial charge is 0.493 e. The van der Waals surface area contributed by atoms with Crippen molar-refractivity contribution in [1.29, 1.82) is 0 Å². The molecule has 1 aromatic rings. The monoisotopic (exact) mass is 165 g/mol. The van der Waals surface area contributed by atoms with E-state index in [1.807, 2.05) is 25.1 Å². The van der Waals surface area contributed by atoms with Crippen molar-refractivity contribution >= 4 is 0 Å². The van der Waals surface area contributed by atoms with Crippen molar-refractivity contribution in [3.63, 3.8) is 0 Å². The Balaban J connectivity index is 3.02. The van der Waals surface area contributed by atoms with Gasteiger partial charge < -0.3 is 9.47 Å². The smallest absolute Gasteiger partial charge is 0.164 e. The van der Waals surface area contributed by atoms with Gasteiger partial charge in [-0.05, 0) is 25.5 Å². The quantitative estimate of drug-likeness (QED) is 0.684. The molecule has 0 atom stereocenters. The molecule has 0 heterocycles. The summed E-state index contributed by atoms with van der Waals surface area (Å²) in [7, 11) is 1.62. The van der Waals surface area contributed by atoms with E-state index in [2.05, 4.69) is 6.92 Å². The summed E-state index contributed by atoms with van der Waals surface area (Å²) in [6, 6.07) is 5.65. The molecular weight excluding hydrogens is 152 g/mol. The second kappa shape index (κ2) is 4.00. The molecule has 0 aliphatic rings. The Morgan fingerprint density at radius 3 is 2.75 bits per heavy atom. The van der Waals surface area contributed by atoms with Gasteiger partial charge in [-0.2, -0.15) is 0 Å². The predicted molar refractivity (Wildman–Crippen MR) is 48.6 cm³/mol. The van der Waals surface area contributed by atoms with Gasteiger partial charge in [0.05, 0.1) is 13.7 Å². The van der Waals surface area contributed by atoms with Crippen molar-refractivity contribution < 1.29 is 9.47 Å². The molecule has 12 heavy (non-hydrogen) atoms. The van der Waals surface area contributed by atoms with Gasteiger partial charge in [-0.15, -0.1) is 0 Å². The molecule has 0 aliphatic heterocycles. The van der Waals surface area contributed by atoms with Gasteiger partial charge in [0.1, 0.15) is 0 Å². The van der Waals surface area contributed by atoms with Gasteiger partial charge in [-0.25, -0.2) is 0 Å². The number of hydrogen-bond acceptors (Lipinski definition) is 2. The van der Waals surface area contributed by atoms with Crippen LogP contribution in [0.2, 0.25) is 0 Å². The van der Waals surface area contributed by atoms with E-state index in [0.29, 0.717) is 6.61 Å². The molecule has 2 nitrogen and oxygen atoms in total. The lowest BCUT2D eigenvalue weighted by Crippen LogP contribution is -1.96. The lowest BCUT2D eigenvalue weighted by atomic mass is 10.2. The van der Waals surface area contributed by atoms with Gasteiger partial charge in [-0.1, -0.05) is 12.1 Å². The Morgan fingerprint density at radius 1 is 1.42 bits per heavy atom. The number of ether oxygens (including phenoxy) is 2. The van der Waals surface area contributed by atoms with Crippen molar-refractivity contribution in [2.24, 2.45) is 0 Å². The highest BCUT2D eigenvalue weighted by Crippen LogP contribution is 2.29. The molecule has 0 amide bonds. The highest BCUT2D eigenvalue weighted by atomic mass is 16.5. The standard InChI is InChI=1S/C10H13O2/c1-4-12-10-8(2)6-5-7-9(10)11-3/h5-7H,2,4H2,1,3H3. The van der Waals surface area contributed by atoms with E-state index in [4.69, 9.17) is 9.47 Å². The number of rotatable bonds is 3. The van der Waals surface area contributed by atoms with Gasteiger partial charge in [0, 0.05) is 0 Å². The highest BCUT2D eigenvalue weighted by Gasteiger charge is 2.05. The van der Waals surface area contributed by atoms with Crippen molar-refractivity contribution in [2.75, 3.05) is 13.7 Å². The van der Waals surface area contributed by atoms with E-state index >= 15 is 0 Å². The third kappa shape index (κ3) is 1.70. The number of hydrogen-bond donors (Lipinski definition) is 0. The molecule has 2 heteroatoms. The molecule has 1 radical (unpaired) electrons. The SMILES string of the molecule is [CH2]c1cccc(OC)c1OCC. The van der Waals surface area contributed by atoms with E-state index in [0.717, 1.165) is 17.1 Å². The van der Waals surface area contributed by atoms with Crippen molar-refractivity contribution in [3.8, 4) is 11.5 Å². The molecule has 0 spiro atoms. The molecule has 0 unspecified atom stereocenters. The third-order valence-corrected chi connectivity index (χ3v) is 1.57. The van der Waals surface area contributed by atoms with Crippen LogP contribution in [0.4, 0.5) is 0 Å². The molecular formula is C10H13O2. The summed E-state index contributed by atoms with van der Waals surface area (Å²) in [6.45, 7) is 6.41. The van der Waals surface area contributed by atoms with Crippen LogP contribution in [0, 0.1) is 6.92 Å². The zero-order valence-corrected chi connectivity index (χ0v) is 7.46. The van der Waals surface area contributed by atoms with E-state index in [1.165, 1.54) is 0 Å². The molecule has 0 bridgehead atoms. The Hall–Kier alpha value is -1.18. The third-order valence-electron chi connectivity index (χ3n) is 1.57. The Morgan fingerprint density at radius 2 is 2.17 bits per heavy atom. The van der Waals surface area contributed by atoms with E-state index in [9.17, 15) is 0 Å². The summed E-state index contributed by atoms with van der Waals surface area (Å²) in [6.07, 6.45) is 0. The molecule has 0 fully saturated rings. The van der Waals surface area contributed by atoms with Crippen LogP contribution >= 0.6 is 0 Å². The summed E-state index contributed by atoms with van der Waals surface area (Å²) < 4.78 is 10.5. The molecule has 0 aromatic heterocycles.